The molecule has 26 heavy (non-hydrogen) atoms. The highest BCUT2D eigenvalue weighted by molar-refractivity contribution is 5.39. The van der Waals surface area contributed by atoms with Crippen LogP contribution in [-0.2, 0) is 17.3 Å². The second-order valence-electron chi connectivity index (χ2n) is 9.26. The molecule has 0 heterocycles. The van der Waals surface area contributed by atoms with Crippen LogP contribution in [-0.4, -0.2) is 18.3 Å². The number of nitrogens with one attached hydrogen (secondary N) is 1. The van der Waals surface area contributed by atoms with Gasteiger partial charge in [0.15, 0.2) is 0 Å². The third-order valence-electron chi connectivity index (χ3n) is 4.87. The molecule has 142 valence electrons. The van der Waals surface area contributed by atoms with Crippen LogP contribution in [0.1, 0.15) is 69.8 Å². The van der Waals surface area contributed by atoms with Crippen LogP contribution in [0.3, 0.4) is 0 Å². The van der Waals surface area contributed by atoms with Crippen molar-refractivity contribution in [3.8, 4) is 0 Å². The van der Waals surface area contributed by atoms with Crippen molar-refractivity contribution >= 4 is 0 Å². The van der Waals surface area contributed by atoms with Crippen molar-refractivity contribution in [3.63, 3.8) is 0 Å². The topological polar surface area (TPSA) is 32.3 Å². The molecule has 0 aliphatic carbocycles. The van der Waals surface area contributed by atoms with Crippen LogP contribution in [0, 0.1) is 0 Å². The van der Waals surface area contributed by atoms with Gasteiger partial charge in [0.25, 0.3) is 0 Å². The molecule has 2 aromatic carbocycles. The second-order valence-corrected chi connectivity index (χ2v) is 9.26. The van der Waals surface area contributed by atoms with Crippen molar-refractivity contribution in [1.82, 2.24) is 5.32 Å². The van der Waals surface area contributed by atoms with E-state index in [2.05, 4.69) is 95.4 Å². The molecular formula is C24H35NO. The number of rotatable bonds is 6. The maximum atomic E-state index is 9.33. The lowest BCUT2D eigenvalue weighted by molar-refractivity contribution is 0.284. The number of hydrogen-bond acceptors (Lipinski definition) is 2. The van der Waals surface area contributed by atoms with Gasteiger partial charge in [-0.15, -0.1) is 0 Å². The summed E-state index contributed by atoms with van der Waals surface area (Å²) in [5.74, 6) is 0. The van der Waals surface area contributed by atoms with E-state index in [9.17, 15) is 5.11 Å². The minimum Gasteiger partial charge on any atom is -0.395 e. The van der Waals surface area contributed by atoms with Gasteiger partial charge in [0.2, 0.25) is 0 Å². The maximum absolute atomic E-state index is 9.33. The van der Waals surface area contributed by atoms with E-state index < -0.39 is 0 Å². The first-order chi connectivity index (χ1) is 12.1. The predicted octanol–water partition coefficient (Wildman–Crippen LogP) is 5.15. The van der Waals surface area contributed by atoms with Crippen LogP contribution in [0.5, 0.6) is 0 Å². The fourth-order valence-corrected chi connectivity index (χ4v) is 3.12. The molecule has 2 N–H and O–H groups in total. The molecule has 0 amide bonds. The molecule has 0 aliphatic heterocycles. The van der Waals surface area contributed by atoms with E-state index in [1.807, 2.05) is 0 Å². The molecule has 1 unspecified atom stereocenters. The van der Waals surface area contributed by atoms with Crippen LogP contribution >= 0.6 is 0 Å². The Hall–Kier alpha value is -1.64. The summed E-state index contributed by atoms with van der Waals surface area (Å²) >= 11 is 0. The summed E-state index contributed by atoms with van der Waals surface area (Å²) < 4.78 is 0. The lowest BCUT2D eigenvalue weighted by Gasteiger charge is -2.29. The Kier molecular flexibility index (Phi) is 6.65. The molecule has 2 heteroatoms. The normalized spacial score (nSPS) is 13.7. The molecule has 2 rings (SSSR count). The zero-order valence-electron chi connectivity index (χ0n) is 17.3. The standard InChI is InChI=1S/C24H35NO/c1-23(2,3)20-15-19(16-21(17-20)24(4,5)6)22(25-12-13-26)14-18-10-8-7-9-11-18/h7-11,15-17,22,25-26H,12-14H2,1-6H3. The van der Waals surface area contributed by atoms with Crippen molar-refractivity contribution in [3.05, 3.63) is 70.8 Å². The predicted molar refractivity (Wildman–Crippen MR) is 112 cm³/mol. The first-order valence-electron chi connectivity index (χ1n) is 9.65. The largest absolute Gasteiger partial charge is 0.395 e. The summed E-state index contributed by atoms with van der Waals surface area (Å²) in [7, 11) is 0. The molecule has 0 bridgehead atoms. The summed E-state index contributed by atoms with van der Waals surface area (Å²) in [5, 5.41) is 12.9. The van der Waals surface area contributed by atoms with Crippen molar-refractivity contribution in [2.24, 2.45) is 0 Å². The number of benzene rings is 2. The van der Waals surface area contributed by atoms with E-state index >= 15 is 0 Å². The molecule has 2 aromatic rings. The van der Waals surface area contributed by atoms with Gasteiger partial charge in [-0.25, -0.2) is 0 Å². The molecule has 1 atom stereocenters. The Morgan fingerprint density at radius 1 is 0.846 bits per heavy atom. The SMILES string of the molecule is CC(C)(C)c1cc(C(Cc2ccccc2)NCCO)cc(C(C)(C)C)c1. The van der Waals surface area contributed by atoms with Crippen molar-refractivity contribution in [1.29, 1.82) is 0 Å². The quantitative estimate of drug-likeness (QED) is 0.753. The van der Waals surface area contributed by atoms with E-state index in [1.165, 1.54) is 22.3 Å². The summed E-state index contributed by atoms with van der Waals surface area (Å²) in [4.78, 5) is 0. The van der Waals surface area contributed by atoms with Gasteiger partial charge in [-0.3, -0.25) is 0 Å². The Labute approximate surface area is 159 Å². The van der Waals surface area contributed by atoms with Crippen LogP contribution < -0.4 is 5.32 Å². The highest BCUT2D eigenvalue weighted by atomic mass is 16.3. The maximum Gasteiger partial charge on any atom is 0.0556 e. The van der Waals surface area contributed by atoms with E-state index in [0.29, 0.717) is 6.54 Å². The summed E-state index contributed by atoms with van der Waals surface area (Å²) in [6, 6.07) is 17.8. The van der Waals surface area contributed by atoms with Gasteiger partial charge in [0.05, 0.1) is 6.61 Å². The summed E-state index contributed by atoms with van der Waals surface area (Å²) in [6.07, 6.45) is 0.915. The lowest BCUT2D eigenvalue weighted by Crippen LogP contribution is -2.27. The van der Waals surface area contributed by atoms with Gasteiger partial charge in [-0.2, -0.15) is 0 Å². The lowest BCUT2D eigenvalue weighted by atomic mass is 9.78. The summed E-state index contributed by atoms with van der Waals surface area (Å²) in [5.41, 5.74) is 5.54. The molecule has 0 aromatic heterocycles. The van der Waals surface area contributed by atoms with Crippen LogP contribution in [0.2, 0.25) is 0 Å². The van der Waals surface area contributed by atoms with E-state index in [1.54, 1.807) is 0 Å². The third-order valence-corrected chi connectivity index (χ3v) is 4.87. The van der Waals surface area contributed by atoms with Crippen molar-refractivity contribution in [2.75, 3.05) is 13.2 Å². The number of aliphatic hydroxyl groups is 1. The summed E-state index contributed by atoms with van der Waals surface area (Å²) in [6.45, 7) is 14.4. The Morgan fingerprint density at radius 3 is 1.85 bits per heavy atom. The van der Waals surface area contributed by atoms with Crippen LogP contribution in [0.4, 0.5) is 0 Å². The Bertz CT molecular complexity index is 660. The van der Waals surface area contributed by atoms with Gasteiger partial charge < -0.3 is 10.4 Å². The molecule has 0 saturated heterocycles. The first kappa shape index (κ1) is 20.7. The minimum absolute atomic E-state index is 0.101. The van der Waals surface area contributed by atoms with Gasteiger partial charge in [0, 0.05) is 12.6 Å². The van der Waals surface area contributed by atoms with Gasteiger partial charge in [-0.1, -0.05) is 90.1 Å². The zero-order chi connectivity index (χ0) is 19.4. The highest BCUT2D eigenvalue weighted by Gasteiger charge is 2.23. The van der Waals surface area contributed by atoms with Gasteiger partial charge >= 0.3 is 0 Å². The van der Waals surface area contributed by atoms with E-state index in [0.717, 1.165) is 6.42 Å². The highest BCUT2D eigenvalue weighted by Crippen LogP contribution is 2.33. The van der Waals surface area contributed by atoms with Crippen molar-refractivity contribution < 1.29 is 5.11 Å². The van der Waals surface area contributed by atoms with E-state index in [4.69, 9.17) is 0 Å². The molecule has 2 nitrogen and oxygen atoms in total. The fourth-order valence-electron chi connectivity index (χ4n) is 3.12. The number of aliphatic hydroxyl groups excluding tert-OH is 1. The molecule has 0 fully saturated rings. The monoisotopic (exact) mass is 353 g/mol. The molecule has 0 spiro atoms. The average molecular weight is 354 g/mol. The van der Waals surface area contributed by atoms with Gasteiger partial charge in [-0.05, 0) is 39.5 Å². The Balaban J connectivity index is 2.48. The molecule has 0 aliphatic rings. The third kappa shape index (κ3) is 5.69. The van der Waals surface area contributed by atoms with Crippen molar-refractivity contribution in [2.45, 2.75) is 64.8 Å². The number of hydrogen-bond donors (Lipinski definition) is 2. The van der Waals surface area contributed by atoms with Crippen LogP contribution in [0.15, 0.2) is 48.5 Å². The molecule has 0 radical (unpaired) electrons. The first-order valence-corrected chi connectivity index (χ1v) is 9.65. The van der Waals surface area contributed by atoms with E-state index in [-0.39, 0.29) is 23.5 Å². The average Bonchev–Trinajstić information content (AvgIpc) is 2.57. The molecule has 0 saturated carbocycles. The molecular weight excluding hydrogens is 318 g/mol. The second kappa shape index (κ2) is 8.37. The van der Waals surface area contributed by atoms with Crippen LogP contribution in [0.25, 0.3) is 0 Å². The minimum atomic E-state index is 0.101. The Morgan fingerprint density at radius 2 is 1.38 bits per heavy atom. The smallest absolute Gasteiger partial charge is 0.0556 e. The van der Waals surface area contributed by atoms with Gasteiger partial charge in [0.1, 0.15) is 0 Å². The fraction of sp³-hybridized carbons (Fsp3) is 0.500. The zero-order valence-corrected chi connectivity index (χ0v) is 17.3.